The van der Waals surface area contributed by atoms with Gasteiger partial charge in [0.2, 0.25) is 23.6 Å². The maximum atomic E-state index is 11.5. The molecule has 2 atom stereocenters. The van der Waals surface area contributed by atoms with Crippen LogP contribution in [0.2, 0.25) is 10.0 Å². The van der Waals surface area contributed by atoms with E-state index in [1.54, 1.807) is 20.4 Å². The number of rotatable bonds is 13. The number of hydrogen-bond acceptors (Lipinski definition) is 9. The summed E-state index contributed by atoms with van der Waals surface area (Å²) >= 11 is 14.1. The second kappa shape index (κ2) is 15.3. The molecule has 0 spiro atoms. The molecule has 0 saturated carbocycles. The number of pyridine rings is 3. The van der Waals surface area contributed by atoms with Crippen molar-refractivity contribution in [3.63, 3.8) is 0 Å². The fraction of sp³-hybridized carbons (Fsp3) is 0.343. The predicted molar refractivity (Wildman–Crippen MR) is 185 cm³/mol. The molecule has 6 rings (SSSR count). The largest absolute Gasteiger partial charge is 0.481 e. The lowest BCUT2D eigenvalue weighted by Gasteiger charge is -2.16. The lowest BCUT2D eigenvalue weighted by molar-refractivity contribution is -0.120. The highest BCUT2D eigenvalue weighted by Gasteiger charge is 2.22. The summed E-state index contributed by atoms with van der Waals surface area (Å²) in [5, 5.41) is 13.6. The standard InChI is InChI=1S/C35H37Cl2N7O4/c1-47-34-20(16-38-18-22-8-12-29(45)41-22)6-10-27(43-34)26-5-3-4-24(31(26)36)25-14-15-40-33(32(25)37)28-11-7-21(35(44-28)48-2)17-39-19-23-9-13-30(46)42-23/h3-7,10-11,14-15,22-23,38-39H,8-9,12-13,16-19H2,1-2H3,(H,41,45)(H,42,46)/t22-,23+/m0/s1. The number of amides is 2. The zero-order valence-electron chi connectivity index (χ0n) is 26.7. The molecule has 4 N–H and O–H groups in total. The highest BCUT2D eigenvalue weighted by Crippen LogP contribution is 2.41. The molecule has 0 aliphatic carbocycles. The van der Waals surface area contributed by atoms with Crippen molar-refractivity contribution >= 4 is 35.0 Å². The predicted octanol–water partition coefficient (Wildman–Crippen LogP) is 4.93. The summed E-state index contributed by atoms with van der Waals surface area (Å²) in [6, 6.07) is 15.5. The van der Waals surface area contributed by atoms with Gasteiger partial charge in [-0.15, -0.1) is 0 Å². The molecule has 2 saturated heterocycles. The van der Waals surface area contributed by atoms with Crippen LogP contribution in [-0.4, -0.2) is 66.2 Å². The number of halogens is 2. The molecule has 2 fully saturated rings. The molecule has 1 aromatic carbocycles. The Balaban J connectivity index is 1.20. The number of carbonyl (C=O) groups excluding carboxylic acids is 2. The van der Waals surface area contributed by atoms with Crippen molar-refractivity contribution in [1.82, 2.24) is 36.2 Å². The molecule has 0 unspecified atom stereocenters. The van der Waals surface area contributed by atoms with Gasteiger partial charge in [-0.05, 0) is 31.0 Å². The van der Waals surface area contributed by atoms with Gasteiger partial charge in [0, 0.05) is 85.1 Å². The molecule has 13 heteroatoms. The summed E-state index contributed by atoms with van der Waals surface area (Å²) < 4.78 is 11.2. The molecule has 250 valence electrons. The molecule has 48 heavy (non-hydrogen) atoms. The number of benzene rings is 1. The van der Waals surface area contributed by atoms with Crippen LogP contribution in [0.15, 0.2) is 54.7 Å². The summed E-state index contributed by atoms with van der Waals surface area (Å²) in [4.78, 5) is 37.0. The van der Waals surface area contributed by atoms with Crippen molar-refractivity contribution in [3.05, 3.63) is 75.9 Å². The van der Waals surface area contributed by atoms with Crippen molar-refractivity contribution in [1.29, 1.82) is 0 Å². The van der Waals surface area contributed by atoms with E-state index in [4.69, 9.17) is 42.6 Å². The fourth-order valence-corrected chi connectivity index (χ4v) is 6.67. The Bertz CT molecular complexity index is 1690. The normalized spacial score (nSPS) is 17.3. The Morgan fingerprint density at radius 3 is 1.83 bits per heavy atom. The van der Waals surface area contributed by atoms with Crippen LogP contribution in [0.25, 0.3) is 33.8 Å². The van der Waals surface area contributed by atoms with E-state index in [0.29, 0.717) is 83.5 Å². The van der Waals surface area contributed by atoms with Gasteiger partial charge in [-0.3, -0.25) is 14.6 Å². The molecular weight excluding hydrogens is 653 g/mol. The van der Waals surface area contributed by atoms with Crippen molar-refractivity contribution < 1.29 is 19.1 Å². The smallest absolute Gasteiger partial charge is 0.220 e. The van der Waals surface area contributed by atoms with E-state index in [2.05, 4.69) is 26.3 Å². The number of methoxy groups -OCH3 is 2. The number of nitrogens with one attached hydrogen (secondary N) is 4. The molecule has 3 aromatic heterocycles. The summed E-state index contributed by atoms with van der Waals surface area (Å²) in [5.41, 5.74) is 5.63. The number of hydrogen-bond donors (Lipinski definition) is 4. The van der Waals surface area contributed by atoms with Crippen LogP contribution < -0.4 is 30.7 Å². The molecule has 2 amide bonds. The first kappa shape index (κ1) is 33.6. The van der Waals surface area contributed by atoms with E-state index in [1.165, 1.54) is 0 Å². The number of ether oxygens (including phenoxy) is 2. The molecule has 0 bridgehead atoms. The Kier molecular flexibility index (Phi) is 10.7. The first-order chi connectivity index (χ1) is 23.3. The lowest BCUT2D eigenvalue weighted by atomic mass is 10.00. The van der Waals surface area contributed by atoms with Crippen molar-refractivity contribution in [3.8, 4) is 45.5 Å². The second-order valence-electron chi connectivity index (χ2n) is 11.8. The Morgan fingerprint density at radius 1 is 0.729 bits per heavy atom. The fourth-order valence-electron chi connectivity index (χ4n) is 6.03. The minimum atomic E-state index is 0.0913. The Labute approximate surface area is 289 Å². The summed E-state index contributed by atoms with van der Waals surface area (Å²) in [6.07, 6.45) is 4.47. The average Bonchev–Trinajstić information content (AvgIpc) is 3.72. The number of carbonyl (C=O) groups is 2. The van der Waals surface area contributed by atoms with Crippen LogP contribution in [-0.2, 0) is 22.7 Å². The first-order valence-corrected chi connectivity index (χ1v) is 16.6. The Hall–Kier alpha value is -4.29. The van der Waals surface area contributed by atoms with Gasteiger partial charge in [0.05, 0.1) is 35.7 Å². The zero-order valence-corrected chi connectivity index (χ0v) is 28.3. The average molecular weight is 691 g/mol. The van der Waals surface area contributed by atoms with E-state index in [0.717, 1.165) is 35.1 Å². The van der Waals surface area contributed by atoms with Crippen molar-refractivity contribution in [2.75, 3.05) is 27.3 Å². The lowest BCUT2D eigenvalue weighted by Crippen LogP contribution is -2.35. The van der Waals surface area contributed by atoms with E-state index < -0.39 is 0 Å². The molecule has 5 heterocycles. The van der Waals surface area contributed by atoms with Crippen LogP contribution in [0.4, 0.5) is 0 Å². The highest BCUT2D eigenvalue weighted by molar-refractivity contribution is 6.39. The quantitative estimate of drug-likeness (QED) is 0.154. The first-order valence-electron chi connectivity index (χ1n) is 15.9. The summed E-state index contributed by atoms with van der Waals surface area (Å²) in [6.45, 7) is 2.41. The van der Waals surface area contributed by atoms with E-state index >= 15 is 0 Å². The third-order valence-electron chi connectivity index (χ3n) is 8.54. The van der Waals surface area contributed by atoms with Crippen LogP contribution >= 0.6 is 23.2 Å². The molecular formula is C35H37Cl2N7O4. The van der Waals surface area contributed by atoms with Gasteiger partial charge in [0.15, 0.2) is 0 Å². The summed E-state index contributed by atoms with van der Waals surface area (Å²) in [5.74, 6) is 1.14. The van der Waals surface area contributed by atoms with E-state index in [-0.39, 0.29) is 23.9 Å². The minimum Gasteiger partial charge on any atom is -0.481 e. The van der Waals surface area contributed by atoms with Crippen molar-refractivity contribution in [2.24, 2.45) is 0 Å². The van der Waals surface area contributed by atoms with Gasteiger partial charge in [0.1, 0.15) is 5.69 Å². The Morgan fingerprint density at radius 2 is 1.27 bits per heavy atom. The third kappa shape index (κ3) is 7.55. The monoisotopic (exact) mass is 689 g/mol. The molecule has 2 aliphatic heterocycles. The van der Waals surface area contributed by atoms with Crippen LogP contribution in [0.5, 0.6) is 11.8 Å². The van der Waals surface area contributed by atoms with Crippen LogP contribution in [0, 0.1) is 0 Å². The van der Waals surface area contributed by atoms with Gasteiger partial charge in [0.25, 0.3) is 0 Å². The molecule has 2 aliphatic rings. The topological polar surface area (TPSA) is 139 Å². The highest BCUT2D eigenvalue weighted by atomic mass is 35.5. The number of nitrogens with zero attached hydrogens (tertiary/aromatic N) is 3. The van der Waals surface area contributed by atoms with Crippen LogP contribution in [0.3, 0.4) is 0 Å². The molecule has 4 aromatic rings. The summed E-state index contributed by atoms with van der Waals surface area (Å²) in [7, 11) is 3.17. The van der Waals surface area contributed by atoms with E-state index in [9.17, 15) is 9.59 Å². The SMILES string of the molecule is COc1nc(-c2cccc(-c3ccnc(-c4ccc(CNC[C@H]5CCC(=O)N5)c(OC)n4)c3Cl)c2Cl)ccc1CNC[C@@H]1CCC(=O)N1. The maximum absolute atomic E-state index is 11.5. The van der Waals surface area contributed by atoms with Gasteiger partial charge in [-0.25, -0.2) is 9.97 Å². The third-order valence-corrected chi connectivity index (χ3v) is 9.33. The molecule has 11 nitrogen and oxygen atoms in total. The van der Waals surface area contributed by atoms with Crippen molar-refractivity contribution in [2.45, 2.75) is 50.9 Å². The minimum absolute atomic E-state index is 0.0913. The van der Waals surface area contributed by atoms with Gasteiger partial charge in [-0.2, -0.15) is 0 Å². The second-order valence-corrected chi connectivity index (χ2v) is 12.5. The van der Waals surface area contributed by atoms with Crippen LogP contribution in [0.1, 0.15) is 36.8 Å². The number of aromatic nitrogens is 3. The molecule has 0 radical (unpaired) electrons. The van der Waals surface area contributed by atoms with Gasteiger partial charge >= 0.3 is 0 Å². The van der Waals surface area contributed by atoms with E-state index in [1.807, 2.05) is 48.5 Å². The van der Waals surface area contributed by atoms with Gasteiger partial charge in [-0.1, -0.05) is 53.5 Å². The van der Waals surface area contributed by atoms with Gasteiger partial charge < -0.3 is 30.7 Å². The zero-order chi connectivity index (χ0) is 33.6. The maximum Gasteiger partial charge on any atom is 0.220 e.